The van der Waals surface area contributed by atoms with E-state index in [1.54, 1.807) is 36.8 Å². The summed E-state index contributed by atoms with van der Waals surface area (Å²) in [4.78, 5) is 30.9. The molecule has 0 unspecified atom stereocenters. The lowest BCUT2D eigenvalue weighted by atomic mass is 9.98. The molecule has 2 aromatic heterocycles. The molecule has 154 valence electrons. The molecule has 1 aliphatic rings. The smallest absolute Gasteiger partial charge is 0.231 e. The maximum Gasteiger partial charge on any atom is 0.231 e. The van der Waals surface area contributed by atoms with Gasteiger partial charge >= 0.3 is 0 Å². The summed E-state index contributed by atoms with van der Waals surface area (Å²) in [5, 5.41) is 0.419. The Morgan fingerprint density at radius 1 is 1.06 bits per heavy atom. The molecule has 4 aromatic rings. The summed E-state index contributed by atoms with van der Waals surface area (Å²) in [6.45, 7) is 4.51. The van der Waals surface area contributed by atoms with E-state index >= 15 is 0 Å². The zero-order valence-electron chi connectivity index (χ0n) is 17.2. The number of carbonyl (C=O) groups is 1. The molecule has 2 aromatic carbocycles. The van der Waals surface area contributed by atoms with Crippen LogP contribution in [0, 0.1) is 13.8 Å². The highest BCUT2D eigenvalue weighted by molar-refractivity contribution is 6.10. The van der Waals surface area contributed by atoms with E-state index in [-0.39, 0.29) is 23.6 Å². The van der Waals surface area contributed by atoms with Crippen LogP contribution in [-0.2, 0) is 6.54 Å². The van der Waals surface area contributed by atoms with Gasteiger partial charge in [0.1, 0.15) is 0 Å². The Labute approximate surface area is 178 Å². The van der Waals surface area contributed by atoms with Crippen molar-refractivity contribution in [2.24, 2.45) is 0 Å². The number of hydrogen-bond donors (Lipinski definition) is 0. The van der Waals surface area contributed by atoms with Crippen molar-refractivity contribution < 1.29 is 14.3 Å². The van der Waals surface area contributed by atoms with Crippen molar-refractivity contribution in [1.29, 1.82) is 0 Å². The van der Waals surface area contributed by atoms with Crippen molar-refractivity contribution in [2.75, 3.05) is 6.79 Å². The fraction of sp³-hybridized carbons (Fsp3) is 0.160. The van der Waals surface area contributed by atoms with Gasteiger partial charge in [-0.1, -0.05) is 18.2 Å². The molecular formula is C25H20N2O4. The second-order valence-electron chi connectivity index (χ2n) is 7.71. The lowest BCUT2D eigenvalue weighted by Gasteiger charge is -2.14. The maximum atomic E-state index is 13.4. The van der Waals surface area contributed by atoms with Crippen molar-refractivity contribution in [2.45, 2.75) is 20.4 Å². The Morgan fingerprint density at radius 3 is 2.61 bits per heavy atom. The molecule has 0 saturated heterocycles. The van der Waals surface area contributed by atoms with Gasteiger partial charge in [0.25, 0.3) is 0 Å². The van der Waals surface area contributed by atoms with E-state index in [1.165, 1.54) is 0 Å². The van der Waals surface area contributed by atoms with E-state index in [4.69, 9.17) is 9.47 Å². The number of rotatable bonds is 4. The van der Waals surface area contributed by atoms with E-state index in [2.05, 4.69) is 4.98 Å². The first-order valence-electron chi connectivity index (χ1n) is 9.99. The number of aryl methyl sites for hydroxylation is 2. The van der Waals surface area contributed by atoms with Crippen LogP contribution in [0.4, 0.5) is 0 Å². The Balaban J connectivity index is 1.72. The minimum atomic E-state index is -0.320. The molecule has 0 aliphatic carbocycles. The maximum absolute atomic E-state index is 13.4. The zero-order chi connectivity index (χ0) is 21.5. The Morgan fingerprint density at radius 2 is 1.87 bits per heavy atom. The summed E-state index contributed by atoms with van der Waals surface area (Å²) in [6, 6.07) is 12.8. The monoisotopic (exact) mass is 412 g/mol. The number of ketones is 1. The summed E-state index contributed by atoms with van der Waals surface area (Å²) in [5.74, 6) is 0.793. The number of pyridine rings is 2. The fourth-order valence-corrected chi connectivity index (χ4v) is 3.80. The molecule has 0 saturated carbocycles. The SMILES string of the molecule is Cc1ccc(C(=O)c2cn(Cc3cccnc3)c3cc4c(cc3c2=O)OCO4)cc1C. The first kappa shape index (κ1) is 19.1. The number of carbonyl (C=O) groups excluding carboxylic acids is 1. The summed E-state index contributed by atoms with van der Waals surface area (Å²) in [5.41, 5.74) is 4.03. The minimum absolute atomic E-state index is 0.108. The Bertz CT molecular complexity index is 1390. The van der Waals surface area contributed by atoms with Crippen LogP contribution in [0.15, 0.2) is 65.8 Å². The third-order valence-electron chi connectivity index (χ3n) is 5.66. The van der Waals surface area contributed by atoms with E-state index in [9.17, 15) is 9.59 Å². The van der Waals surface area contributed by atoms with Gasteiger partial charge in [-0.15, -0.1) is 0 Å². The minimum Gasteiger partial charge on any atom is -0.454 e. The predicted octanol–water partition coefficient (Wildman–Crippen LogP) is 4.02. The van der Waals surface area contributed by atoms with Gasteiger partial charge in [0.2, 0.25) is 12.2 Å². The van der Waals surface area contributed by atoms with E-state index < -0.39 is 0 Å². The van der Waals surface area contributed by atoms with Crippen LogP contribution in [0.1, 0.15) is 32.6 Å². The molecule has 3 heterocycles. The molecule has 6 heteroatoms. The standard InChI is InChI=1S/C25H20N2O4/c1-15-5-6-18(8-16(15)2)24(28)20-13-27(12-17-4-3-7-26-11-17)21-10-23-22(30-14-31-23)9-19(21)25(20)29/h3-11,13H,12,14H2,1-2H3. The van der Waals surface area contributed by atoms with Crippen LogP contribution in [0.3, 0.4) is 0 Å². The number of benzene rings is 2. The number of nitrogens with zero attached hydrogens (tertiary/aromatic N) is 2. The van der Waals surface area contributed by atoms with E-state index in [0.29, 0.717) is 34.5 Å². The van der Waals surface area contributed by atoms with Gasteiger partial charge < -0.3 is 14.0 Å². The molecule has 31 heavy (non-hydrogen) atoms. The van der Waals surface area contributed by atoms with E-state index in [1.807, 2.05) is 42.7 Å². The molecule has 0 amide bonds. The highest BCUT2D eigenvalue weighted by Gasteiger charge is 2.22. The summed E-state index contributed by atoms with van der Waals surface area (Å²) >= 11 is 0. The van der Waals surface area contributed by atoms with Gasteiger partial charge in [-0.3, -0.25) is 14.6 Å². The van der Waals surface area contributed by atoms with Crippen molar-refractivity contribution >= 4 is 16.7 Å². The summed E-state index contributed by atoms with van der Waals surface area (Å²) in [7, 11) is 0. The first-order valence-corrected chi connectivity index (χ1v) is 9.99. The van der Waals surface area contributed by atoms with Gasteiger partial charge in [-0.25, -0.2) is 0 Å². The summed E-state index contributed by atoms with van der Waals surface area (Å²) < 4.78 is 12.9. The lowest BCUT2D eigenvalue weighted by molar-refractivity contribution is 0.103. The Hall–Kier alpha value is -3.93. The quantitative estimate of drug-likeness (QED) is 0.474. The van der Waals surface area contributed by atoms with Gasteiger partial charge in [-0.05, 0) is 48.7 Å². The number of aromatic nitrogens is 2. The third-order valence-corrected chi connectivity index (χ3v) is 5.66. The topological polar surface area (TPSA) is 70.4 Å². The third kappa shape index (κ3) is 3.36. The van der Waals surface area contributed by atoms with Crippen LogP contribution in [0.25, 0.3) is 10.9 Å². The van der Waals surface area contributed by atoms with Gasteiger partial charge in [0, 0.05) is 36.8 Å². The van der Waals surface area contributed by atoms with Crippen molar-refractivity contribution in [3.8, 4) is 11.5 Å². The number of ether oxygens (including phenoxy) is 2. The highest BCUT2D eigenvalue weighted by atomic mass is 16.7. The fourth-order valence-electron chi connectivity index (χ4n) is 3.80. The van der Waals surface area contributed by atoms with Crippen LogP contribution in [0.2, 0.25) is 0 Å². The molecule has 0 radical (unpaired) electrons. The second kappa shape index (κ2) is 7.40. The number of fused-ring (bicyclic) bond motifs is 2. The largest absolute Gasteiger partial charge is 0.454 e. The van der Waals surface area contributed by atoms with E-state index in [0.717, 1.165) is 16.7 Å². The predicted molar refractivity (Wildman–Crippen MR) is 117 cm³/mol. The molecule has 0 spiro atoms. The van der Waals surface area contributed by atoms with Crippen LogP contribution >= 0.6 is 0 Å². The first-order chi connectivity index (χ1) is 15.0. The average molecular weight is 412 g/mol. The van der Waals surface area contributed by atoms with Gasteiger partial charge in [-0.2, -0.15) is 0 Å². The lowest BCUT2D eigenvalue weighted by Crippen LogP contribution is -2.20. The van der Waals surface area contributed by atoms with Crippen molar-refractivity contribution in [1.82, 2.24) is 9.55 Å². The van der Waals surface area contributed by atoms with Crippen molar-refractivity contribution in [3.63, 3.8) is 0 Å². The molecule has 0 atom stereocenters. The summed E-state index contributed by atoms with van der Waals surface area (Å²) in [6.07, 6.45) is 5.11. The zero-order valence-corrected chi connectivity index (χ0v) is 17.2. The average Bonchev–Trinajstić information content (AvgIpc) is 3.24. The molecular weight excluding hydrogens is 392 g/mol. The van der Waals surface area contributed by atoms with Gasteiger partial charge in [0.15, 0.2) is 17.3 Å². The number of hydrogen-bond acceptors (Lipinski definition) is 5. The molecule has 1 aliphatic heterocycles. The molecule has 0 fully saturated rings. The second-order valence-corrected chi connectivity index (χ2v) is 7.71. The molecule has 0 bridgehead atoms. The highest BCUT2D eigenvalue weighted by Crippen LogP contribution is 2.35. The molecule has 0 N–H and O–H groups in total. The molecule has 6 nitrogen and oxygen atoms in total. The van der Waals surface area contributed by atoms with Crippen molar-refractivity contribution in [3.05, 3.63) is 99.1 Å². The molecule has 5 rings (SSSR count). The van der Waals surface area contributed by atoms with Crippen LogP contribution in [0.5, 0.6) is 11.5 Å². The van der Waals surface area contributed by atoms with Gasteiger partial charge in [0.05, 0.1) is 16.5 Å². The van der Waals surface area contributed by atoms with Crippen LogP contribution in [-0.4, -0.2) is 22.1 Å². The normalized spacial score (nSPS) is 12.3. The Kier molecular flexibility index (Phi) is 4.55. The van der Waals surface area contributed by atoms with Crippen LogP contribution < -0.4 is 14.9 Å².